The van der Waals surface area contributed by atoms with Gasteiger partial charge in [-0.2, -0.15) is 0 Å². The number of amides is 2. The van der Waals surface area contributed by atoms with Gasteiger partial charge in [-0.05, 0) is 29.1 Å². The van der Waals surface area contributed by atoms with E-state index in [9.17, 15) is 14.7 Å². The van der Waals surface area contributed by atoms with Crippen LogP contribution in [0, 0.1) is 0 Å². The highest BCUT2D eigenvalue weighted by Gasteiger charge is 2.13. The molecule has 2 aromatic heterocycles. The zero-order valence-corrected chi connectivity index (χ0v) is 16.4. The molecule has 1 aromatic carbocycles. The van der Waals surface area contributed by atoms with E-state index in [2.05, 4.69) is 15.6 Å². The number of nitrogens with one attached hydrogen (secondary N) is 2. The van der Waals surface area contributed by atoms with Crippen LogP contribution in [0.15, 0.2) is 47.2 Å². The second-order valence-electron chi connectivity index (χ2n) is 5.62. The van der Waals surface area contributed by atoms with Crippen LogP contribution in [0.3, 0.4) is 0 Å². The van der Waals surface area contributed by atoms with Crippen molar-refractivity contribution in [2.45, 2.75) is 12.5 Å². The molecule has 0 spiro atoms. The summed E-state index contributed by atoms with van der Waals surface area (Å²) in [5.74, 6) is -0.481. The highest BCUT2D eigenvalue weighted by molar-refractivity contribution is 7.14. The summed E-state index contributed by atoms with van der Waals surface area (Å²) in [4.78, 5) is 28.9. The molecule has 140 valence electrons. The van der Waals surface area contributed by atoms with Crippen LogP contribution in [-0.4, -0.2) is 28.4 Å². The standard InChI is InChI=1S/C18H16ClN3O3S2/c19-12-5-3-11(4-6-12)14(23)9-20-16(24)8-13-10-27-18(21-13)22-17(25)15-2-1-7-26-15/h1-7,10,14,23H,8-9H2,(H,20,24)(H,21,22,25). The number of benzene rings is 1. The van der Waals surface area contributed by atoms with Gasteiger partial charge >= 0.3 is 0 Å². The van der Waals surface area contributed by atoms with E-state index in [1.807, 2.05) is 5.38 Å². The molecule has 9 heteroatoms. The third-order valence-electron chi connectivity index (χ3n) is 3.61. The number of anilines is 1. The number of thiazole rings is 1. The minimum Gasteiger partial charge on any atom is -0.387 e. The van der Waals surface area contributed by atoms with Gasteiger partial charge in [0.05, 0.1) is 23.1 Å². The number of carbonyl (C=O) groups excluding carboxylic acids is 2. The third-order valence-corrected chi connectivity index (χ3v) is 5.53. The maximum absolute atomic E-state index is 12.1. The van der Waals surface area contributed by atoms with Crippen molar-refractivity contribution < 1.29 is 14.7 Å². The molecule has 3 aromatic rings. The normalized spacial score (nSPS) is 11.8. The fourth-order valence-electron chi connectivity index (χ4n) is 2.25. The van der Waals surface area contributed by atoms with Crippen molar-refractivity contribution in [1.82, 2.24) is 10.3 Å². The van der Waals surface area contributed by atoms with Gasteiger partial charge in [0, 0.05) is 16.9 Å². The Balaban J connectivity index is 1.47. The maximum atomic E-state index is 12.1. The number of halogens is 1. The third kappa shape index (κ3) is 5.61. The zero-order chi connectivity index (χ0) is 19.2. The van der Waals surface area contributed by atoms with E-state index in [0.717, 1.165) is 0 Å². The van der Waals surface area contributed by atoms with E-state index < -0.39 is 6.10 Å². The number of hydrogen-bond acceptors (Lipinski definition) is 6. The molecule has 0 aliphatic rings. The van der Waals surface area contributed by atoms with Gasteiger partial charge in [-0.15, -0.1) is 22.7 Å². The smallest absolute Gasteiger partial charge is 0.267 e. The molecule has 1 atom stereocenters. The van der Waals surface area contributed by atoms with Crippen molar-refractivity contribution in [2.24, 2.45) is 0 Å². The fourth-order valence-corrected chi connectivity index (χ4v) is 3.70. The number of aliphatic hydroxyl groups excluding tert-OH is 1. The Kier molecular flexibility index (Phi) is 6.57. The Labute approximate surface area is 168 Å². The predicted molar refractivity (Wildman–Crippen MR) is 108 cm³/mol. The van der Waals surface area contributed by atoms with Crippen molar-refractivity contribution in [3.05, 3.63) is 68.3 Å². The van der Waals surface area contributed by atoms with Crippen LogP contribution in [0.5, 0.6) is 0 Å². The average molecular weight is 422 g/mol. The van der Waals surface area contributed by atoms with E-state index in [1.54, 1.807) is 41.8 Å². The summed E-state index contributed by atoms with van der Waals surface area (Å²) < 4.78 is 0. The minimum absolute atomic E-state index is 0.0682. The second-order valence-corrected chi connectivity index (χ2v) is 7.87. The summed E-state index contributed by atoms with van der Waals surface area (Å²) in [7, 11) is 0. The largest absolute Gasteiger partial charge is 0.387 e. The summed E-state index contributed by atoms with van der Waals surface area (Å²) in [6.07, 6.45) is -0.749. The first-order chi connectivity index (χ1) is 13.0. The van der Waals surface area contributed by atoms with Crippen LogP contribution >= 0.6 is 34.3 Å². The van der Waals surface area contributed by atoms with Gasteiger partial charge in [0.1, 0.15) is 0 Å². The number of thiophene rings is 1. The van der Waals surface area contributed by atoms with Gasteiger partial charge in [-0.1, -0.05) is 29.8 Å². The lowest BCUT2D eigenvalue weighted by Crippen LogP contribution is -2.29. The zero-order valence-electron chi connectivity index (χ0n) is 14.0. The predicted octanol–water partition coefficient (Wildman–Crippen LogP) is 3.50. The average Bonchev–Trinajstić information content (AvgIpc) is 3.32. The number of hydrogen-bond donors (Lipinski definition) is 3. The molecule has 27 heavy (non-hydrogen) atoms. The molecular weight excluding hydrogens is 406 g/mol. The van der Waals surface area contributed by atoms with Crippen molar-refractivity contribution >= 4 is 51.2 Å². The second kappa shape index (κ2) is 9.09. The molecule has 3 rings (SSSR count). The van der Waals surface area contributed by atoms with E-state index in [4.69, 9.17) is 11.6 Å². The van der Waals surface area contributed by atoms with E-state index in [-0.39, 0.29) is 24.8 Å². The molecule has 1 unspecified atom stereocenters. The number of rotatable bonds is 7. The van der Waals surface area contributed by atoms with Gasteiger partial charge in [0.15, 0.2) is 5.13 Å². The molecule has 2 amide bonds. The van der Waals surface area contributed by atoms with Gasteiger partial charge in [-0.25, -0.2) is 4.98 Å². The molecule has 0 aliphatic carbocycles. The van der Waals surface area contributed by atoms with Crippen LogP contribution in [0.2, 0.25) is 5.02 Å². The lowest BCUT2D eigenvalue weighted by Gasteiger charge is -2.12. The first-order valence-corrected chi connectivity index (χ1v) is 10.1. The Morgan fingerprint density at radius 3 is 2.67 bits per heavy atom. The minimum atomic E-state index is -0.817. The van der Waals surface area contributed by atoms with Crippen LogP contribution in [0.1, 0.15) is 27.0 Å². The van der Waals surface area contributed by atoms with Gasteiger partial charge in [0.25, 0.3) is 5.91 Å². The topological polar surface area (TPSA) is 91.3 Å². The van der Waals surface area contributed by atoms with Crippen molar-refractivity contribution in [1.29, 1.82) is 0 Å². The number of carbonyl (C=O) groups is 2. The molecule has 0 fully saturated rings. The summed E-state index contributed by atoms with van der Waals surface area (Å²) in [5, 5.41) is 20.1. The molecule has 2 heterocycles. The van der Waals surface area contributed by atoms with Gasteiger partial charge in [0.2, 0.25) is 5.91 Å². The summed E-state index contributed by atoms with van der Waals surface area (Å²) in [5.41, 5.74) is 1.23. The Hall–Kier alpha value is -2.26. The lowest BCUT2D eigenvalue weighted by molar-refractivity contribution is -0.120. The molecule has 0 aliphatic heterocycles. The first-order valence-electron chi connectivity index (χ1n) is 8.01. The van der Waals surface area contributed by atoms with Crippen LogP contribution in [0.25, 0.3) is 0 Å². The lowest BCUT2D eigenvalue weighted by atomic mass is 10.1. The van der Waals surface area contributed by atoms with Gasteiger partial charge < -0.3 is 10.4 Å². The van der Waals surface area contributed by atoms with Crippen molar-refractivity contribution in [3.8, 4) is 0 Å². The van der Waals surface area contributed by atoms with Crippen LogP contribution < -0.4 is 10.6 Å². The Bertz CT molecular complexity index is 910. The monoisotopic (exact) mass is 421 g/mol. The molecule has 0 bridgehead atoms. The Morgan fingerprint density at radius 2 is 1.96 bits per heavy atom. The highest BCUT2D eigenvalue weighted by Crippen LogP contribution is 2.19. The van der Waals surface area contributed by atoms with E-state index >= 15 is 0 Å². The highest BCUT2D eigenvalue weighted by atomic mass is 35.5. The van der Waals surface area contributed by atoms with E-state index in [1.165, 1.54) is 22.7 Å². The van der Waals surface area contributed by atoms with Gasteiger partial charge in [-0.3, -0.25) is 14.9 Å². The number of nitrogens with zero attached hydrogens (tertiary/aromatic N) is 1. The van der Waals surface area contributed by atoms with Crippen molar-refractivity contribution in [2.75, 3.05) is 11.9 Å². The first kappa shape index (κ1) is 19.5. The molecule has 3 N–H and O–H groups in total. The summed E-state index contributed by atoms with van der Waals surface area (Å²) >= 11 is 8.42. The fraction of sp³-hybridized carbons (Fsp3) is 0.167. The molecule has 0 radical (unpaired) electrons. The SMILES string of the molecule is O=C(Cc1csc(NC(=O)c2cccs2)n1)NCC(O)c1ccc(Cl)cc1. The quantitative estimate of drug-likeness (QED) is 0.544. The molecule has 0 saturated heterocycles. The van der Waals surface area contributed by atoms with Crippen molar-refractivity contribution in [3.63, 3.8) is 0 Å². The molecule has 6 nitrogen and oxygen atoms in total. The molecule has 0 saturated carbocycles. The van der Waals surface area contributed by atoms with Crippen LogP contribution in [-0.2, 0) is 11.2 Å². The van der Waals surface area contributed by atoms with E-state index in [0.29, 0.717) is 26.3 Å². The number of aromatic nitrogens is 1. The Morgan fingerprint density at radius 1 is 1.19 bits per heavy atom. The molecular formula is C18H16ClN3O3S2. The maximum Gasteiger partial charge on any atom is 0.267 e. The summed E-state index contributed by atoms with van der Waals surface area (Å²) in [6, 6.07) is 10.3. The summed E-state index contributed by atoms with van der Waals surface area (Å²) in [6.45, 7) is 0.0899. The number of aliphatic hydroxyl groups is 1. The van der Waals surface area contributed by atoms with Crippen LogP contribution in [0.4, 0.5) is 5.13 Å².